The molecule has 0 saturated heterocycles. The van der Waals surface area contributed by atoms with Crippen molar-refractivity contribution in [1.29, 1.82) is 0 Å². The highest BCUT2D eigenvalue weighted by Crippen LogP contribution is 2.70. The molecule has 9 atom stereocenters. The Morgan fingerprint density at radius 2 is 1.87 bits per heavy atom. The van der Waals surface area contributed by atoms with Gasteiger partial charge in [0.25, 0.3) is 0 Å². The summed E-state index contributed by atoms with van der Waals surface area (Å²) >= 11 is 0. The molecule has 4 nitrogen and oxygen atoms in total. The molecule has 0 aromatic rings. The summed E-state index contributed by atoms with van der Waals surface area (Å²) in [5, 5.41) is 31.1. The maximum Gasteiger partial charge on any atom is 0.306 e. The van der Waals surface area contributed by atoms with E-state index in [2.05, 4.69) is 13.8 Å². The molecule has 2 bridgehead atoms. The van der Waals surface area contributed by atoms with E-state index in [1.807, 2.05) is 0 Å². The van der Waals surface area contributed by atoms with E-state index < -0.39 is 18.0 Å². The lowest BCUT2D eigenvalue weighted by molar-refractivity contribution is -0.186. The van der Waals surface area contributed by atoms with Crippen LogP contribution in [0.2, 0.25) is 0 Å². The number of hydrogen-bond donors (Lipinski definition) is 3. The van der Waals surface area contributed by atoms with Gasteiger partial charge in [-0.05, 0) is 74.0 Å². The van der Waals surface area contributed by atoms with Crippen molar-refractivity contribution >= 4 is 5.97 Å². The minimum Gasteiger partial charge on any atom is -0.481 e. The lowest BCUT2D eigenvalue weighted by atomic mass is 9.43. The second-order valence-electron chi connectivity index (χ2n) is 9.32. The molecule has 130 valence electrons. The molecule has 0 aromatic carbocycles. The summed E-state index contributed by atoms with van der Waals surface area (Å²) in [6.07, 6.45) is 5.57. The highest BCUT2D eigenvalue weighted by molar-refractivity contribution is 5.71. The zero-order valence-corrected chi connectivity index (χ0v) is 14.2. The minimum atomic E-state index is -0.745. The third-order valence-electron chi connectivity index (χ3n) is 8.56. The topological polar surface area (TPSA) is 77.8 Å². The number of carbonyl (C=O) groups is 1. The van der Waals surface area contributed by atoms with Crippen molar-refractivity contribution in [3.05, 3.63) is 0 Å². The van der Waals surface area contributed by atoms with Gasteiger partial charge in [0.1, 0.15) is 0 Å². The van der Waals surface area contributed by atoms with Crippen LogP contribution in [-0.4, -0.2) is 33.5 Å². The first-order valence-corrected chi connectivity index (χ1v) is 9.38. The fourth-order valence-electron chi connectivity index (χ4n) is 7.66. The molecule has 0 aliphatic heterocycles. The molecule has 0 unspecified atom stereocenters. The average molecular weight is 322 g/mol. The number of fused-ring (bicyclic) bond motifs is 3. The first-order chi connectivity index (χ1) is 10.8. The molecule has 0 heterocycles. The second kappa shape index (κ2) is 4.95. The standard InChI is InChI=1S/C19H30O4/c1-10-11-3-4-15-18(2)9-12(20)7-13(17(22)23)14(18)5-6-19(15,8-11)16(10)21/h10-16,20-21H,3-9H2,1-2H3,(H,22,23)/t10-,11+,12-,13+,14+,15-,16-,18+,19+/m0/s1. The van der Waals surface area contributed by atoms with E-state index in [1.165, 1.54) is 0 Å². The fourth-order valence-corrected chi connectivity index (χ4v) is 7.66. The number of aliphatic carboxylic acids is 1. The van der Waals surface area contributed by atoms with Gasteiger partial charge in [-0.25, -0.2) is 0 Å². The van der Waals surface area contributed by atoms with Gasteiger partial charge < -0.3 is 15.3 Å². The minimum absolute atomic E-state index is 0.0201. The molecule has 23 heavy (non-hydrogen) atoms. The molecular weight excluding hydrogens is 292 g/mol. The Labute approximate surface area is 138 Å². The van der Waals surface area contributed by atoms with E-state index in [4.69, 9.17) is 0 Å². The van der Waals surface area contributed by atoms with Crippen LogP contribution < -0.4 is 0 Å². The van der Waals surface area contributed by atoms with Gasteiger partial charge in [0.15, 0.2) is 0 Å². The van der Waals surface area contributed by atoms with Gasteiger partial charge in [0.05, 0.1) is 18.1 Å². The highest BCUT2D eigenvalue weighted by atomic mass is 16.4. The SMILES string of the molecule is C[C@H]1[C@@H]2CC[C@H]3[C@]4(C)C[C@@H](O)C[C@@H](C(=O)O)[C@H]4CC[C@]3(C2)[C@H]1O. The molecule has 0 amide bonds. The Hall–Kier alpha value is -0.610. The Morgan fingerprint density at radius 1 is 1.13 bits per heavy atom. The summed E-state index contributed by atoms with van der Waals surface area (Å²) in [4.78, 5) is 11.8. The third-order valence-corrected chi connectivity index (χ3v) is 8.56. The lowest BCUT2D eigenvalue weighted by Gasteiger charge is -2.62. The van der Waals surface area contributed by atoms with Crippen molar-refractivity contribution in [1.82, 2.24) is 0 Å². The smallest absolute Gasteiger partial charge is 0.306 e. The first kappa shape index (κ1) is 15.9. The highest BCUT2D eigenvalue weighted by Gasteiger charge is 2.67. The predicted octanol–water partition coefficient (Wildman–Crippen LogP) is 2.67. The lowest BCUT2D eigenvalue weighted by Crippen LogP contribution is -2.59. The molecule has 0 aromatic heterocycles. The largest absolute Gasteiger partial charge is 0.481 e. The Kier molecular flexibility index (Phi) is 3.42. The zero-order valence-electron chi connectivity index (χ0n) is 14.2. The van der Waals surface area contributed by atoms with Crippen molar-refractivity contribution in [3.63, 3.8) is 0 Å². The van der Waals surface area contributed by atoms with Crippen LogP contribution in [0.25, 0.3) is 0 Å². The summed E-state index contributed by atoms with van der Waals surface area (Å²) in [6, 6.07) is 0. The van der Waals surface area contributed by atoms with Gasteiger partial charge >= 0.3 is 5.97 Å². The molecule has 4 saturated carbocycles. The van der Waals surface area contributed by atoms with Crippen molar-refractivity contribution in [3.8, 4) is 0 Å². The molecule has 3 N–H and O–H groups in total. The van der Waals surface area contributed by atoms with E-state index in [9.17, 15) is 20.1 Å². The van der Waals surface area contributed by atoms with Gasteiger partial charge in [0.2, 0.25) is 0 Å². The van der Waals surface area contributed by atoms with Crippen LogP contribution in [0.5, 0.6) is 0 Å². The van der Waals surface area contributed by atoms with Gasteiger partial charge in [-0.15, -0.1) is 0 Å². The van der Waals surface area contributed by atoms with E-state index in [0.717, 1.165) is 32.1 Å². The van der Waals surface area contributed by atoms with Crippen LogP contribution in [0.1, 0.15) is 58.8 Å². The summed E-state index contributed by atoms with van der Waals surface area (Å²) < 4.78 is 0. The molecule has 4 aliphatic rings. The maximum absolute atomic E-state index is 11.8. The van der Waals surface area contributed by atoms with Crippen molar-refractivity contribution in [2.75, 3.05) is 0 Å². The predicted molar refractivity (Wildman–Crippen MR) is 85.6 cm³/mol. The fraction of sp³-hybridized carbons (Fsp3) is 0.947. The van der Waals surface area contributed by atoms with Crippen molar-refractivity contribution < 1.29 is 20.1 Å². The van der Waals surface area contributed by atoms with Crippen LogP contribution in [0.15, 0.2) is 0 Å². The summed E-state index contributed by atoms with van der Waals surface area (Å²) in [5.74, 6) is 0.342. The summed E-state index contributed by atoms with van der Waals surface area (Å²) in [6.45, 7) is 4.41. The molecule has 4 fully saturated rings. The van der Waals surface area contributed by atoms with Crippen LogP contribution in [0.4, 0.5) is 0 Å². The van der Waals surface area contributed by atoms with Gasteiger partial charge in [-0.3, -0.25) is 4.79 Å². The van der Waals surface area contributed by atoms with E-state index in [-0.39, 0.29) is 22.9 Å². The molecule has 0 radical (unpaired) electrons. The second-order valence-corrected chi connectivity index (χ2v) is 9.32. The van der Waals surface area contributed by atoms with Crippen molar-refractivity contribution in [2.24, 2.45) is 40.4 Å². The third kappa shape index (κ3) is 1.94. The van der Waals surface area contributed by atoms with E-state index in [0.29, 0.717) is 30.6 Å². The molecule has 4 aliphatic carbocycles. The van der Waals surface area contributed by atoms with Gasteiger partial charge in [-0.1, -0.05) is 13.8 Å². The maximum atomic E-state index is 11.8. The quantitative estimate of drug-likeness (QED) is 0.693. The van der Waals surface area contributed by atoms with Crippen LogP contribution >= 0.6 is 0 Å². The van der Waals surface area contributed by atoms with Crippen LogP contribution in [0.3, 0.4) is 0 Å². The van der Waals surface area contributed by atoms with E-state index >= 15 is 0 Å². The Bertz CT molecular complexity index is 519. The van der Waals surface area contributed by atoms with Gasteiger partial charge in [0, 0.05) is 5.41 Å². The monoisotopic (exact) mass is 322 g/mol. The Morgan fingerprint density at radius 3 is 2.57 bits per heavy atom. The number of rotatable bonds is 1. The molecular formula is C19H30O4. The number of carboxylic acids is 1. The number of carboxylic acid groups (broad SMARTS) is 1. The zero-order chi connectivity index (χ0) is 16.6. The molecule has 4 heteroatoms. The number of aliphatic hydroxyl groups is 2. The summed E-state index contributed by atoms with van der Waals surface area (Å²) in [5.41, 5.74) is -0.164. The molecule has 1 spiro atoms. The van der Waals surface area contributed by atoms with Crippen molar-refractivity contribution in [2.45, 2.75) is 71.0 Å². The number of hydrogen-bond acceptors (Lipinski definition) is 3. The first-order valence-electron chi connectivity index (χ1n) is 9.38. The average Bonchev–Trinajstić information content (AvgIpc) is 2.66. The van der Waals surface area contributed by atoms with E-state index in [1.54, 1.807) is 0 Å². The molecule has 4 rings (SSSR count). The Balaban J connectivity index is 1.74. The van der Waals surface area contributed by atoms with Gasteiger partial charge in [-0.2, -0.15) is 0 Å². The van der Waals surface area contributed by atoms with Crippen LogP contribution in [-0.2, 0) is 4.79 Å². The van der Waals surface area contributed by atoms with Crippen LogP contribution in [0, 0.1) is 40.4 Å². The number of aliphatic hydroxyl groups excluding tert-OH is 2. The normalized spacial score (nSPS) is 58.3. The summed E-state index contributed by atoms with van der Waals surface area (Å²) in [7, 11) is 0.